The van der Waals surface area contributed by atoms with E-state index in [1.807, 2.05) is 18.2 Å². The fourth-order valence-corrected chi connectivity index (χ4v) is 2.77. The van der Waals surface area contributed by atoms with Crippen LogP contribution in [0.3, 0.4) is 0 Å². The van der Waals surface area contributed by atoms with Gasteiger partial charge < -0.3 is 14.4 Å². The fourth-order valence-electron chi connectivity index (χ4n) is 2.77. The van der Waals surface area contributed by atoms with E-state index < -0.39 is 0 Å². The smallest absolute Gasteiger partial charge is 0.338 e. The number of ether oxygens (including phenoxy) is 2. The molecule has 3 rings (SSSR count). The highest BCUT2D eigenvalue weighted by Gasteiger charge is 2.23. The van der Waals surface area contributed by atoms with E-state index in [1.165, 1.54) is 7.11 Å². The third-order valence-corrected chi connectivity index (χ3v) is 3.97. The molecule has 0 saturated carbocycles. The lowest BCUT2D eigenvalue weighted by Gasteiger charge is -2.19. The molecule has 0 radical (unpaired) electrons. The van der Waals surface area contributed by atoms with Gasteiger partial charge in [0.05, 0.1) is 24.3 Å². The van der Waals surface area contributed by atoms with Gasteiger partial charge in [-0.1, -0.05) is 0 Å². The van der Waals surface area contributed by atoms with Gasteiger partial charge in [0.1, 0.15) is 0 Å². The van der Waals surface area contributed by atoms with Gasteiger partial charge in [0.25, 0.3) is 0 Å². The van der Waals surface area contributed by atoms with E-state index in [-0.39, 0.29) is 12.1 Å². The Kier molecular flexibility index (Phi) is 3.75. The molecular weight excluding hydrogens is 268 g/mol. The standard InChI is InChI=1S/C16H18N2O3/c1-20-12-6-8-18(10-12)11-3-4-15-14(9-11)13(5-7-17-15)16(19)21-2/h3-5,7,9,12H,6,8,10H2,1-2H3. The minimum atomic E-state index is -0.337. The van der Waals surface area contributed by atoms with Crippen molar-refractivity contribution in [2.24, 2.45) is 0 Å². The normalized spacial score (nSPS) is 18.2. The van der Waals surface area contributed by atoms with Crippen molar-refractivity contribution < 1.29 is 14.3 Å². The molecule has 1 saturated heterocycles. The Labute approximate surface area is 123 Å². The molecule has 21 heavy (non-hydrogen) atoms. The molecule has 1 atom stereocenters. The van der Waals surface area contributed by atoms with E-state index in [2.05, 4.69) is 9.88 Å². The highest BCUT2D eigenvalue weighted by Crippen LogP contribution is 2.27. The Morgan fingerprint density at radius 3 is 2.90 bits per heavy atom. The molecule has 1 fully saturated rings. The number of carbonyl (C=O) groups excluding carboxylic acids is 1. The van der Waals surface area contributed by atoms with Crippen LogP contribution >= 0.6 is 0 Å². The number of pyridine rings is 1. The summed E-state index contributed by atoms with van der Waals surface area (Å²) >= 11 is 0. The lowest BCUT2D eigenvalue weighted by atomic mass is 10.1. The average molecular weight is 286 g/mol. The van der Waals surface area contributed by atoms with E-state index in [0.717, 1.165) is 36.1 Å². The maximum Gasteiger partial charge on any atom is 0.338 e. The van der Waals surface area contributed by atoms with Crippen LogP contribution in [0.1, 0.15) is 16.8 Å². The highest BCUT2D eigenvalue weighted by molar-refractivity contribution is 6.04. The first kappa shape index (κ1) is 13.8. The number of fused-ring (bicyclic) bond motifs is 1. The van der Waals surface area contributed by atoms with E-state index in [4.69, 9.17) is 9.47 Å². The molecular formula is C16H18N2O3. The zero-order valence-corrected chi connectivity index (χ0v) is 12.2. The van der Waals surface area contributed by atoms with E-state index >= 15 is 0 Å². The maximum atomic E-state index is 11.9. The van der Waals surface area contributed by atoms with Crippen LogP contribution in [0, 0.1) is 0 Å². The first-order chi connectivity index (χ1) is 10.2. The third-order valence-electron chi connectivity index (χ3n) is 3.97. The molecule has 0 spiro atoms. The topological polar surface area (TPSA) is 51.7 Å². The molecule has 0 amide bonds. The van der Waals surface area contributed by atoms with Gasteiger partial charge in [-0.3, -0.25) is 4.98 Å². The van der Waals surface area contributed by atoms with Crippen molar-refractivity contribution in [1.29, 1.82) is 0 Å². The van der Waals surface area contributed by atoms with E-state index in [0.29, 0.717) is 5.56 Å². The second-order valence-electron chi connectivity index (χ2n) is 5.14. The van der Waals surface area contributed by atoms with E-state index in [1.54, 1.807) is 19.4 Å². The average Bonchev–Trinajstić information content (AvgIpc) is 3.02. The summed E-state index contributed by atoms with van der Waals surface area (Å²) in [5.74, 6) is -0.337. The molecule has 0 aliphatic carbocycles. The van der Waals surface area contributed by atoms with Gasteiger partial charge in [-0.2, -0.15) is 0 Å². The molecule has 5 nitrogen and oxygen atoms in total. The minimum absolute atomic E-state index is 0.273. The molecule has 1 aliphatic heterocycles. The molecule has 0 bridgehead atoms. The third kappa shape index (κ3) is 2.56. The van der Waals surface area contributed by atoms with Gasteiger partial charge in [0.15, 0.2) is 0 Å². The van der Waals surface area contributed by atoms with Crippen LogP contribution in [0.25, 0.3) is 10.9 Å². The van der Waals surface area contributed by atoms with Crippen LogP contribution in [0.15, 0.2) is 30.5 Å². The predicted molar refractivity (Wildman–Crippen MR) is 80.7 cm³/mol. The Morgan fingerprint density at radius 2 is 2.19 bits per heavy atom. The second kappa shape index (κ2) is 5.69. The van der Waals surface area contributed by atoms with Crippen molar-refractivity contribution in [3.63, 3.8) is 0 Å². The van der Waals surface area contributed by atoms with Gasteiger partial charge in [0.2, 0.25) is 0 Å². The Bertz CT molecular complexity index is 672. The minimum Gasteiger partial charge on any atom is -0.465 e. The molecule has 5 heteroatoms. The van der Waals surface area contributed by atoms with E-state index in [9.17, 15) is 4.79 Å². The molecule has 110 valence electrons. The lowest BCUT2D eigenvalue weighted by Crippen LogP contribution is -2.22. The van der Waals surface area contributed by atoms with Crippen LogP contribution < -0.4 is 4.90 Å². The number of hydrogen-bond donors (Lipinski definition) is 0. The number of aromatic nitrogens is 1. The molecule has 1 unspecified atom stereocenters. The Hall–Kier alpha value is -2.14. The molecule has 2 aromatic rings. The van der Waals surface area contributed by atoms with Crippen LogP contribution in [0.2, 0.25) is 0 Å². The van der Waals surface area contributed by atoms with Crippen molar-refractivity contribution in [1.82, 2.24) is 4.98 Å². The summed E-state index contributed by atoms with van der Waals surface area (Å²) in [6.45, 7) is 1.83. The van der Waals surface area contributed by atoms with Gasteiger partial charge >= 0.3 is 5.97 Å². The SMILES string of the molecule is COC(=O)c1ccnc2ccc(N3CCC(OC)C3)cc12. The monoisotopic (exact) mass is 286 g/mol. The zero-order valence-electron chi connectivity index (χ0n) is 12.2. The maximum absolute atomic E-state index is 11.9. The van der Waals surface area contributed by atoms with Crippen molar-refractivity contribution in [2.75, 3.05) is 32.2 Å². The van der Waals surface area contributed by atoms with Crippen molar-refractivity contribution in [3.05, 3.63) is 36.0 Å². The number of benzene rings is 1. The summed E-state index contributed by atoms with van der Waals surface area (Å²) < 4.78 is 10.2. The predicted octanol–water partition coefficient (Wildman–Crippen LogP) is 2.25. The largest absolute Gasteiger partial charge is 0.465 e. The van der Waals surface area contributed by atoms with Crippen LogP contribution in [-0.2, 0) is 9.47 Å². The number of methoxy groups -OCH3 is 2. The number of rotatable bonds is 3. The first-order valence-corrected chi connectivity index (χ1v) is 6.97. The van der Waals surface area contributed by atoms with Gasteiger partial charge in [-0.15, -0.1) is 0 Å². The molecule has 0 N–H and O–H groups in total. The lowest BCUT2D eigenvalue weighted by molar-refractivity contribution is 0.0603. The summed E-state index contributed by atoms with van der Waals surface area (Å²) in [6.07, 6.45) is 2.92. The summed E-state index contributed by atoms with van der Waals surface area (Å²) in [6, 6.07) is 7.68. The van der Waals surface area contributed by atoms with Gasteiger partial charge in [-0.05, 0) is 30.7 Å². The highest BCUT2D eigenvalue weighted by atomic mass is 16.5. The van der Waals surface area contributed by atoms with Crippen LogP contribution in [0.5, 0.6) is 0 Å². The molecule has 1 aliphatic rings. The van der Waals surface area contributed by atoms with Gasteiger partial charge in [0, 0.05) is 37.5 Å². The Balaban J connectivity index is 2.01. The van der Waals surface area contributed by atoms with Crippen LogP contribution in [-0.4, -0.2) is 44.4 Å². The zero-order chi connectivity index (χ0) is 14.8. The summed E-state index contributed by atoms with van der Waals surface area (Å²) in [5.41, 5.74) is 2.43. The van der Waals surface area contributed by atoms with Crippen LogP contribution in [0.4, 0.5) is 5.69 Å². The molecule has 1 aromatic carbocycles. The summed E-state index contributed by atoms with van der Waals surface area (Å²) in [4.78, 5) is 18.4. The summed E-state index contributed by atoms with van der Waals surface area (Å²) in [7, 11) is 3.13. The van der Waals surface area contributed by atoms with Crippen molar-refractivity contribution >= 4 is 22.6 Å². The number of anilines is 1. The molecule has 1 aromatic heterocycles. The molecule has 2 heterocycles. The van der Waals surface area contributed by atoms with Crippen molar-refractivity contribution in [3.8, 4) is 0 Å². The number of hydrogen-bond acceptors (Lipinski definition) is 5. The van der Waals surface area contributed by atoms with Gasteiger partial charge in [-0.25, -0.2) is 4.79 Å². The fraction of sp³-hybridized carbons (Fsp3) is 0.375. The number of nitrogens with zero attached hydrogens (tertiary/aromatic N) is 2. The second-order valence-corrected chi connectivity index (χ2v) is 5.14. The summed E-state index contributed by atoms with van der Waals surface area (Å²) in [5, 5.41) is 0.822. The number of esters is 1. The number of carbonyl (C=O) groups is 1. The van der Waals surface area contributed by atoms with Crippen molar-refractivity contribution in [2.45, 2.75) is 12.5 Å². The Morgan fingerprint density at radius 1 is 1.33 bits per heavy atom. The first-order valence-electron chi connectivity index (χ1n) is 6.97. The quantitative estimate of drug-likeness (QED) is 0.810.